The van der Waals surface area contributed by atoms with Gasteiger partial charge in [0.25, 0.3) is 11.8 Å². The van der Waals surface area contributed by atoms with E-state index in [9.17, 15) is 9.59 Å². The van der Waals surface area contributed by atoms with Gasteiger partial charge in [-0.25, -0.2) is 0 Å². The molecule has 2 saturated heterocycles. The van der Waals surface area contributed by atoms with Crippen molar-refractivity contribution in [2.75, 3.05) is 6.54 Å². The zero-order chi connectivity index (χ0) is 18.3. The Morgan fingerprint density at radius 2 is 2.08 bits per heavy atom. The van der Waals surface area contributed by atoms with Crippen molar-refractivity contribution >= 4 is 28.8 Å². The van der Waals surface area contributed by atoms with Gasteiger partial charge in [0.2, 0.25) is 0 Å². The molecule has 3 heterocycles. The Labute approximate surface area is 152 Å². The Kier molecular flexibility index (Phi) is 3.94. The summed E-state index contributed by atoms with van der Waals surface area (Å²) in [5.74, 6) is -0.160. The number of carbonyl (C=O) groups excluding carboxylic acids is 2. The number of nitrogens with zero attached hydrogens (tertiary/aromatic N) is 1. The van der Waals surface area contributed by atoms with Crippen LogP contribution in [0.4, 0.5) is 0 Å². The van der Waals surface area contributed by atoms with Crippen LogP contribution in [0, 0.1) is 0 Å². The third-order valence-corrected chi connectivity index (χ3v) is 5.40. The SMILES string of the molecule is CC(C)=CCC12CCCN1C(=O)/C(=C\c1c[nH]c3ccccc13)NC2=O. The minimum absolute atomic E-state index is 0.0711. The Balaban J connectivity index is 1.70. The van der Waals surface area contributed by atoms with Gasteiger partial charge in [0.15, 0.2) is 0 Å². The second-order valence-corrected chi connectivity index (χ2v) is 7.38. The molecule has 2 amide bonds. The number of fused-ring (bicyclic) bond motifs is 2. The first-order chi connectivity index (χ1) is 12.5. The van der Waals surface area contributed by atoms with Crippen LogP contribution in [0.2, 0.25) is 0 Å². The van der Waals surface area contributed by atoms with Crippen LogP contribution in [0.25, 0.3) is 17.0 Å². The third kappa shape index (κ3) is 2.55. The fourth-order valence-corrected chi connectivity index (χ4v) is 3.99. The van der Waals surface area contributed by atoms with Crippen LogP contribution >= 0.6 is 0 Å². The van der Waals surface area contributed by atoms with Crippen molar-refractivity contribution in [1.29, 1.82) is 0 Å². The predicted octanol–water partition coefficient (Wildman–Crippen LogP) is 3.36. The minimum Gasteiger partial charge on any atom is -0.361 e. The van der Waals surface area contributed by atoms with Gasteiger partial charge in [-0.1, -0.05) is 29.8 Å². The van der Waals surface area contributed by atoms with E-state index in [2.05, 4.69) is 16.4 Å². The van der Waals surface area contributed by atoms with E-state index in [1.165, 1.54) is 0 Å². The highest BCUT2D eigenvalue weighted by Gasteiger charge is 2.52. The molecule has 5 heteroatoms. The van der Waals surface area contributed by atoms with Gasteiger partial charge >= 0.3 is 0 Å². The molecule has 0 bridgehead atoms. The number of nitrogens with one attached hydrogen (secondary N) is 2. The second-order valence-electron chi connectivity index (χ2n) is 7.38. The molecule has 2 aliphatic heterocycles. The number of hydrogen-bond donors (Lipinski definition) is 2. The summed E-state index contributed by atoms with van der Waals surface area (Å²) in [6.07, 6.45) is 7.85. The average molecular weight is 349 g/mol. The molecule has 0 radical (unpaired) electrons. The number of benzene rings is 1. The fraction of sp³-hybridized carbons (Fsp3) is 0.333. The Morgan fingerprint density at radius 1 is 1.27 bits per heavy atom. The molecule has 2 aliphatic rings. The number of hydrogen-bond acceptors (Lipinski definition) is 2. The zero-order valence-corrected chi connectivity index (χ0v) is 15.1. The largest absolute Gasteiger partial charge is 0.361 e. The number of amides is 2. The molecule has 0 aliphatic carbocycles. The lowest BCUT2D eigenvalue weighted by atomic mass is 9.87. The lowest BCUT2D eigenvalue weighted by molar-refractivity contribution is -0.147. The Bertz CT molecular complexity index is 949. The highest BCUT2D eigenvalue weighted by atomic mass is 16.2. The topological polar surface area (TPSA) is 65.2 Å². The van der Waals surface area contributed by atoms with Crippen LogP contribution in [0.15, 0.2) is 47.8 Å². The summed E-state index contributed by atoms with van der Waals surface area (Å²) < 4.78 is 0. The fourth-order valence-electron chi connectivity index (χ4n) is 3.99. The lowest BCUT2D eigenvalue weighted by Crippen LogP contribution is -2.63. The van der Waals surface area contributed by atoms with E-state index in [0.717, 1.165) is 28.5 Å². The monoisotopic (exact) mass is 349 g/mol. The first-order valence-electron chi connectivity index (χ1n) is 9.06. The summed E-state index contributed by atoms with van der Waals surface area (Å²) in [7, 11) is 0. The number of para-hydroxylation sites is 1. The van der Waals surface area contributed by atoms with Gasteiger partial charge in [0, 0.05) is 29.2 Å². The second kappa shape index (κ2) is 6.16. The summed E-state index contributed by atoms with van der Waals surface area (Å²) in [5, 5.41) is 3.93. The Hall–Kier alpha value is -2.82. The number of carbonyl (C=O) groups is 2. The standard InChI is InChI=1S/C21H23N3O2/c1-14(2)8-10-21-9-5-11-24(21)19(25)18(23-20(21)26)12-15-13-22-17-7-4-3-6-16(15)17/h3-4,6-8,12-13,22H,5,9-11H2,1-2H3,(H,23,26)/b18-12+. The summed E-state index contributed by atoms with van der Waals surface area (Å²) >= 11 is 0. The molecule has 2 N–H and O–H groups in total. The van der Waals surface area contributed by atoms with Gasteiger partial charge in [-0.05, 0) is 45.3 Å². The average Bonchev–Trinajstić information content (AvgIpc) is 3.23. The van der Waals surface area contributed by atoms with Crippen LogP contribution in [-0.2, 0) is 9.59 Å². The number of aromatic nitrogens is 1. The van der Waals surface area contributed by atoms with Crippen LogP contribution in [-0.4, -0.2) is 33.8 Å². The van der Waals surface area contributed by atoms with Crippen molar-refractivity contribution in [2.24, 2.45) is 0 Å². The molecule has 1 aromatic heterocycles. The van der Waals surface area contributed by atoms with Crippen LogP contribution in [0.3, 0.4) is 0 Å². The maximum atomic E-state index is 13.1. The number of aromatic amines is 1. The minimum atomic E-state index is -0.730. The van der Waals surface area contributed by atoms with Crippen LogP contribution < -0.4 is 5.32 Å². The van der Waals surface area contributed by atoms with E-state index >= 15 is 0 Å². The molecule has 1 atom stereocenters. The summed E-state index contributed by atoms with van der Waals surface area (Å²) in [5.41, 5.74) is 2.70. The molecule has 4 rings (SSSR count). The van der Waals surface area contributed by atoms with E-state index in [1.807, 2.05) is 44.3 Å². The summed E-state index contributed by atoms with van der Waals surface area (Å²) in [6, 6.07) is 7.92. The molecule has 0 saturated carbocycles. The van der Waals surface area contributed by atoms with E-state index in [-0.39, 0.29) is 11.8 Å². The molecular weight excluding hydrogens is 326 g/mol. The molecule has 1 aromatic carbocycles. The number of rotatable bonds is 3. The van der Waals surface area contributed by atoms with E-state index in [0.29, 0.717) is 25.1 Å². The van der Waals surface area contributed by atoms with Gasteiger partial charge in [0.05, 0.1) is 0 Å². The quantitative estimate of drug-likeness (QED) is 0.659. The van der Waals surface area contributed by atoms with Gasteiger partial charge < -0.3 is 15.2 Å². The summed E-state index contributed by atoms with van der Waals surface area (Å²) in [4.78, 5) is 31.0. The molecule has 2 fully saturated rings. The van der Waals surface area contributed by atoms with Gasteiger partial charge in [-0.15, -0.1) is 0 Å². The molecule has 26 heavy (non-hydrogen) atoms. The number of allylic oxidation sites excluding steroid dienone is 1. The molecular formula is C21H23N3O2. The van der Waals surface area contributed by atoms with Crippen LogP contribution in [0.1, 0.15) is 38.7 Å². The van der Waals surface area contributed by atoms with Crippen LogP contribution in [0.5, 0.6) is 0 Å². The van der Waals surface area contributed by atoms with E-state index in [4.69, 9.17) is 0 Å². The van der Waals surface area contributed by atoms with Crippen molar-refractivity contribution in [2.45, 2.75) is 38.6 Å². The molecule has 5 nitrogen and oxygen atoms in total. The molecule has 134 valence electrons. The number of piperazine rings is 1. The highest BCUT2D eigenvalue weighted by molar-refractivity contribution is 6.10. The maximum absolute atomic E-state index is 13.1. The Morgan fingerprint density at radius 3 is 2.88 bits per heavy atom. The van der Waals surface area contributed by atoms with E-state index in [1.54, 1.807) is 11.0 Å². The first kappa shape index (κ1) is 16.6. The van der Waals surface area contributed by atoms with Gasteiger partial charge in [-0.2, -0.15) is 0 Å². The third-order valence-electron chi connectivity index (χ3n) is 5.40. The van der Waals surface area contributed by atoms with Crippen molar-refractivity contribution < 1.29 is 9.59 Å². The van der Waals surface area contributed by atoms with Crippen molar-refractivity contribution in [1.82, 2.24) is 15.2 Å². The zero-order valence-electron chi connectivity index (χ0n) is 15.1. The van der Waals surface area contributed by atoms with Crippen molar-refractivity contribution in [3.8, 4) is 0 Å². The van der Waals surface area contributed by atoms with E-state index < -0.39 is 5.54 Å². The molecule has 0 spiro atoms. The van der Waals surface area contributed by atoms with Gasteiger partial charge in [-0.3, -0.25) is 9.59 Å². The highest BCUT2D eigenvalue weighted by Crippen LogP contribution is 2.37. The van der Waals surface area contributed by atoms with Crippen molar-refractivity contribution in [3.05, 3.63) is 53.4 Å². The molecule has 2 aromatic rings. The normalized spacial score (nSPS) is 24.1. The first-order valence-corrected chi connectivity index (χ1v) is 9.06. The maximum Gasteiger partial charge on any atom is 0.271 e. The number of H-pyrrole nitrogens is 1. The molecule has 1 unspecified atom stereocenters. The summed E-state index contributed by atoms with van der Waals surface area (Å²) in [6.45, 7) is 4.66. The van der Waals surface area contributed by atoms with Crippen molar-refractivity contribution in [3.63, 3.8) is 0 Å². The smallest absolute Gasteiger partial charge is 0.271 e. The predicted molar refractivity (Wildman–Crippen MR) is 102 cm³/mol. The van der Waals surface area contributed by atoms with Gasteiger partial charge in [0.1, 0.15) is 11.2 Å². The lowest BCUT2D eigenvalue weighted by Gasteiger charge is -2.41.